The van der Waals surface area contributed by atoms with E-state index >= 15 is 0 Å². The quantitative estimate of drug-likeness (QED) is 0.835. The Morgan fingerprint density at radius 1 is 0.962 bits per heavy atom. The minimum atomic E-state index is -0.215. The van der Waals surface area contributed by atoms with Crippen molar-refractivity contribution >= 4 is 11.9 Å². The molecule has 0 heterocycles. The first-order chi connectivity index (χ1) is 12.4. The average molecular weight is 353 g/mol. The Morgan fingerprint density at radius 3 is 2.19 bits per heavy atom. The lowest BCUT2D eigenvalue weighted by Gasteiger charge is -2.21. The van der Waals surface area contributed by atoms with Crippen LogP contribution in [0.25, 0.3) is 0 Å². The van der Waals surface area contributed by atoms with Gasteiger partial charge in [0.1, 0.15) is 0 Å². The van der Waals surface area contributed by atoms with Crippen LogP contribution < -0.4 is 10.6 Å². The topological polar surface area (TPSA) is 61.4 Å². The van der Waals surface area contributed by atoms with Crippen LogP contribution in [-0.2, 0) is 13.1 Å². The number of carbonyl (C=O) groups excluding carboxylic acids is 2. The van der Waals surface area contributed by atoms with Crippen molar-refractivity contribution in [3.05, 3.63) is 70.8 Å². The van der Waals surface area contributed by atoms with Gasteiger partial charge in [-0.25, -0.2) is 4.79 Å². The van der Waals surface area contributed by atoms with Crippen molar-refractivity contribution in [1.29, 1.82) is 0 Å². The maximum Gasteiger partial charge on any atom is 0.315 e. The summed E-state index contributed by atoms with van der Waals surface area (Å²) in [7, 11) is 1.79. The molecule has 2 aromatic rings. The lowest BCUT2D eigenvalue weighted by molar-refractivity contribution is 0.0755. The van der Waals surface area contributed by atoms with E-state index in [1.165, 1.54) is 0 Å². The van der Waals surface area contributed by atoms with E-state index in [0.29, 0.717) is 18.7 Å². The number of nitrogens with one attached hydrogen (secondary N) is 2. The summed E-state index contributed by atoms with van der Waals surface area (Å²) in [6.45, 7) is 6.88. The first kappa shape index (κ1) is 19.5. The van der Waals surface area contributed by atoms with Crippen LogP contribution in [0.1, 0.15) is 40.9 Å². The molecular formula is C21H27N3O2. The van der Waals surface area contributed by atoms with Gasteiger partial charge >= 0.3 is 6.03 Å². The lowest BCUT2D eigenvalue weighted by Crippen LogP contribution is -2.34. The van der Waals surface area contributed by atoms with E-state index in [1.807, 2.05) is 57.2 Å². The van der Waals surface area contributed by atoms with Gasteiger partial charge in [-0.3, -0.25) is 4.79 Å². The number of rotatable bonds is 6. The molecule has 0 radical (unpaired) electrons. The second kappa shape index (κ2) is 9.04. The molecule has 0 fully saturated rings. The van der Waals surface area contributed by atoms with Gasteiger partial charge in [-0.05, 0) is 49.6 Å². The molecule has 0 bridgehead atoms. The molecule has 2 rings (SSSR count). The van der Waals surface area contributed by atoms with Crippen LogP contribution in [0.3, 0.4) is 0 Å². The van der Waals surface area contributed by atoms with Crippen molar-refractivity contribution in [3.63, 3.8) is 0 Å². The highest BCUT2D eigenvalue weighted by molar-refractivity contribution is 5.94. The van der Waals surface area contributed by atoms with Gasteiger partial charge in [-0.2, -0.15) is 0 Å². The predicted molar refractivity (Wildman–Crippen MR) is 104 cm³/mol. The van der Waals surface area contributed by atoms with Crippen LogP contribution in [0.15, 0.2) is 48.5 Å². The monoisotopic (exact) mass is 353 g/mol. The number of hydrogen-bond donors (Lipinski definition) is 2. The normalized spacial score (nSPS) is 10.5. The molecule has 0 atom stereocenters. The second-order valence-electron chi connectivity index (χ2n) is 6.67. The fourth-order valence-corrected chi connectivity index (χ4v) is 2.43. The van der Waals surface area contributed by atoms with Crippen molar-refractivity contribution in [2.24, 2.45) is 0 Å². The summed E-state index contributed by atoms with van der Waals surface area (Å²) < 4.78 is 0. The van der Waals surface area contributed by atoms with E-state index in [4.69, 9.17) is 0 Å². The molecule has 0 aliphatic rings. The Kier molecular flexibility index (Phi) is 6.78. The zero-order valence-electron chi connectivity index (χ0n) is 15.9. The Bertz CT molecular complexity index is 754. The van der Waals surface area contributed by atoms with E-state index in [-0.39, 0.29) is 18.0 Å². The summed E-state index contributed by atoms with van der Waals surface area (Å²) in [6, 6.07) is 15.2. The molecule has 0 saturated carbocycles. The summed E-state index contributed by atoms with van der Waals surface area (Å²) in [5.74, 6) is -0.00418. The third-order valence-electron chi connectivity index (χ3n) is 4.45. The molecule has 0 aromatic heterocycles. The molecule has 3 amide bonds. The van der Waals surface area contributed by atoms with E-state index in [2.05, 4.69) is 10.6 Å². The summed E-state index contributed by atoms with van der Waals surface area (Å²) in [5.41, 5.74) is 3.84. The molecule has 2 aromatic carbocycles. The predicted octanol–water partition coefficient (Wildman–Crippen LogP) is 3.47. The number of benzene rings is 2. The van der Waals surface area contributed by atoms with E-state index in [9.17, 15) is 9.59 Å². The molecule has 0 spiro atoms. The molecule has 0 aliphatic carbocycles. The van der Waals surface area contributed by atoms with Crippen molar-refractivity contribution < 1.29 is 9.59 Å². The standard InChI is InChI=1S/C21H27N3O2/c1-15(2)24(4)20(25)18-11-9-17(10-12-18)13-22-21(26)23-14-19-8-6-5-7-16(19)3/h5-12,15H,13-14H2,1-4H3,(H2,22,23,26). The highest BCUT2D eigenvalue weighted by Crippen LogP contribution is 2.09. The Labute approximate surface area is 155 Å². The maximum absolute atomic E-state index is 12.3. The highest BCUT2D eigenvalue weighted by atomic mass is 16.2. The number of hydrogen-bond acceptors (Lipinski definition) is 2. The third kappa shape index (κ3) is 5.34. The summed E-state index contributed by atoms with van der Waals surface area (Å²) in [6.07, 6.45) is 0. The van der Waals surface area contributed by atoms with Gasteiger partial charge in [0.05, 0.1) is 0 Å². The van der Waals surface area contributed by atoms with Gasteiger partial charge in [-0.1, -0.05) is 36.4 Å². The summed E-state index contributed by atoms with van der Waals surface area (Å²) >= 11 is 0. The fourth-order valence-electron chi connectivity index (χ4n) is 2.43. The van der Waals surface area contributed by atoms with E-state index in [1.54, 1.807) is 24.1 Å². The second-order valence-corrected chi connectivity index (χ2v) is 6.67. The maximum atomic E-state index is 12.3. The van der Waals surface area contributed by atoms with Crippen LogP contribution >= 0.6 is 0 Å². The molecule has 5 nitrogen and oxygen atoms in total. The Hall–Kier alpha value is -2.82. The molecule has 138 valence electrons. The van der Waals surface area contributed by atoms with Crippen molar-refractivity contribution in [1.82, 2.24) is 15.5 Å². The molecule has 0 aliphatic heterocycles. The summed E-state index contributed by atoms with van der Waals surface area (Å²) in [4.78, 5) is 25.9. The Balaban J connectivity index is 1.83. The minimum Gasteiger partial charge on any atom is -0.339 e. The molecule has 5 heteroatoms. The highest BCUT2D eigenvalue weighted by Gasteiger charge is 2.14. The molecule has 2 N–H and O–H groups in total. The Morgan fingerprint density at radius 2 is 1.58 bits per heavy atom. The number of aryl methyl sites for hydroxylation is 1. The summed E-state index contributed by atoms with van der Waals surface area (Å²) in [5, 5.41) is 5.69. The first-order valence-corrected chi connectivity index (χ1v) is 8.80. The van der Waals surface area contributed by atoms with Crippen molar-refractivity contribution in [2.75, 3.05) is 7.05 Å². The lowest BCUT2D eigenvalue weighted by atomic mass is 10.1. The van der Waals surface area contributed by atoms with Crippen LogP contribution in [0.2, 0.25) is 0 Å². The minimum absolute atomic E-state index is 0.00418. The third-order valence-corrected chi connectivity index (χ3v) is 4.45. The number of amides is 3. The van der Waals surface area contributed by atoms with Gasteiger partial charge in [0.2, 0.25) is 0 Å². The molecule has 26 heavy (non-hydrogen) atoms. The smallest absolute Gasteiger partial charge is 0.315 e. The molecular weight excluding hydrogens is 326 g/mol. The van der Waals surface area contributed by atoms with Crippen LogP contribution in [0.5, 0.6) is 0 Å². The number of urea groups is 1. The SMILES string of the molecule is Cc1ccccc1CNC(=O)NCc1ccc(C(=O)N(C)C(C)C)cc1. The van der Waals surface area contributed by atoms with Gasteiger partial charge < -0.3 is 15.5 Å². The molecule has 0 unspecified atom stereocenters. The first-order valence-electron chi connectivity index (χ1n) is 8.80. The van der Waals surface area contributed by atoms with E-state index in [0.717, 1.165) is 16.7 Å². The largest absolute Gasteiger partial charge is 0.339 e. The number of nitrogens with zero attached hydrogens (tertiary/aromatic N) is 1. The van der Waals surface area contributed by atoms with Crippen molar-refractivity contribution in [3.8, 4) is 0 Å². The van der Waals surface area contributed by atoms with Crippen LogP contribution in [0, 0.1) is 6.92 Å². The van der Waals surface area contributed by atoms with Crippen LogP contribution in [-0.4, -0.2) is 29.9 Å². The van der Waals surface area contributed by atoms with Gasteiger partial charge in [-0.15, -0.1) is 0 Å². The fraction of sp³-hybridized carbons (Fsp3) is 0.333. The van der Waals surface area contributed by atoms with Crippen molar-refractivity contribution in [2.45, 2.75) is 39.9 Å². The number of carbonyl (C=O) groups is 2. The van der Waals surface area contributed by atoms with E-state index < -0.39 is 0 Å². The molecule has 0 saturated heterocycles. The van der Waals surface area contributed by atoms with Gasteiger partial charge in [0, 0.05) is 31.7 Å². The average Bonchev–Trinajstić information content (AvgIpc) is 2.64. The van der Waals surface area contributed by atoms with Gasteiger partial charge in [0.25, 0.3) is 5.91 Å². The van der Waals surface area contributed by atoms with Crippen LogP contribution in [0.4, 0.5) is 4.79 Å². The zero-order valence-corrected chi connectivity index (χ0v) is 15.9. The zero-order chi connectivity index (χ0) is 19.1. The van der Waals surface area contributed by atoms with Gasteiger partial charge in [0.15, 0.2) is 0 Å².